The van der Waals surface area contributed by atoms with Gasteiger partial charge >= 0.3 is 0 Å². The summed E-state index contributed by atoms with van der Waals surface area (Å²) in [6.45, 7) is 8.43. The summed E-state index contributed by atoms with van der Waals surface area (Å²) in [5, 5.41) is 24.0. The molecular weight excluding hydrogens is 611 g/mol. The number of aromatic nitrogens is 1. The third-order valence-corrected chi connectivity index (χ3v) is 8.03. The van der Waals surface area contributed by atoms with E-state index in [2.05, 4.69) is 82.3 Å². The van der Waals surface area contributed by atoms with E-state index in [0.29, 0.717) is 5.92 Å². The van der Waals surface area contributed by atoms with Gasteiger partial charge in [-0.3, -0.25) is 4.98 Å². The van der Waals surface area contributed by atoms with Crippen LogP contribution in [-0.2, 0) is 20.1 Å². The predicted molar refractivity (Wildman–Crippen MR) is 139 cm³/mol. The number of benzene rings is 3. The van der Waals surface area contributed by atoms with Gasteiger partial charge in [-0.05, 0) is 52.1 Å². The van der Waals surface area contributed by atoms with Crippen molar-refractivity contribution in [1.82, 2.24) is 4.98 Å². The van der Waals surface area contributed by atoms with E-state index < -0.39 is 0 Å². The van der Waals surface area contributed by atoms with Crippen LogP contribution in [0.3, 0.4) is 0 Å². The van der Waals surface area contributed by atoms with E-state index in [1.165, 1.54) is 16.2 Å². The van der Waals surface area contributed by atoms with Gasteiger partial charge in [0.25, 0.3) is 0 Å². The van der Waals surface area contributed by atoms with Gasteiger partial charge in [0.05, 0.1) is 17.7 Å². The van der Waals surface area contributed by atoms with Gasteiger partial charge in [-0.1, -0.05) is 70.2 Å². The normalized spacial score (nSPS) is 26.0. The van der Waals surface area contributed by atoms with Crippen LogP contribution in [0.25, 0.3) is 32.9 Å². The van der Waals surface area contributed by atoms with Crippen molar-refractivity contribution in [2.45, 2.75) is 52.7 Å². The number of aliphatic hydroxyl groups is 2. The van der Waals surface area contributed by atoms with Crippen LogP contribution in [-0.4, -0.2) is 27.4 Å². The molecule has 185 valence electrons. The maximum Gasteiger partial charge on any atom is 0.0646 e. The molecule has 2 N–H and O–H groups in total. The van der Waals surface area contributed by atoms with E-state index in [9.17, 15) is 10.2 Å². The van der Waals surface area contributed by atoms with Crippen molar-refractivity contribution in [2.24, 2.45) is 22.7 Å². The molecule has 0 aliphatic heterocycles. The molecule has 3 aromatic carbocycles. The molecule has 0 spiro atoms. The minimum Gasteiger partial charge on any atom is -0.392 e. The fourth-order valence-corrected chi connectivity index (χ4v) is 6.26. The first kappa shape index (κ1) is 26.0. The molecule has 2 aliphatic rings. The number of aliphatic hydroxyl groups excluding tert-OH is 2. The van der Waals surface area contributed by atoms with Gasteiger partial charge in [0.1, 0.15) is 0 Å². The molecular formula is C31H34IrNO2-. The molecule has 2 saturated carbocycles. The Bertz CT molecular complexity index is 1290. The van der Waals surface area contributed by atoms with Crippen LogP contribution in [0.1, 0.15) is 40.5 Å². The van der Waals surface area contributed by atoms with E-state index in [4.69, 9.17) is 4.98 Å². The Morgan fingerprint density at radius 2 is 1.43 bits per heavy atom. The summed E-state index contributed by atoms with van der Waals surface area (Å²) >= 11 is 0. The Kier molecular flexibility index (Phi) is 7.23. The molecule has 2 unspecified atom stereocenters. The molecule has 35 heavy (non-hydrogen) atoms. The Morgan fingerprint density at radius 1 is 0.771 bits per heavy atom. The molecule has 4 aromatic rings. The number of rotatable bonds is 1. The first-order valence-electron chi connectivity index (χ1n) is 12.3. The van der Waals surface area contributed by atoms with Crippen molar-refractivity contribution >= 4 is 21.7 Å². The van der Waals surface area contributed by atoms with Crippen molar-refractivity contribution in [3.05, 3.63) is 78.9 Å². The van der Waals surface area contributed by atoms with E-state index >= 15 is 0 Å². The minimum atomic E-state index is -0.329. The number of hydrogen-bond donors (Lipinski definition) is 2. The molecule has 2 atom stereocenters. The Labute approximate surface area is 222 Å². The van der Waals surface area contributed by atoms with Crippen molar-refractivity contribution in [3.8, 4) is 11.3 Å². The minimum absolute atomic E-state index is 0. The molecule has 3 nitrogen and oxygen atoms in total. The quantitative estimate of drug-likeness (QED) is 0.180. The standard InChI is InChI=1S/C19H12N.C12H22O2.Ir/c1-2-7-15(8-3-1)18-13-11-17-16-9-5-4-6-14(16)10-12-19(17)20-18;1-11(2)5-7-6-12(3,4)10(14)8(7)9(11)13;/h1-7,9-13H;7-10,13-14H,5-6H2,1-4H3;/q-1;;. The fourth-order valence-electron chi connectivity index (χ4n) is 6.26. The van der Waals surface area contributed by atoms with Crippen molar-refractivity contribution in [1.29, 1.82) is 0 Å². The van der Waals surface area contributed by atoms with Gasteiger partial charge in [-0.15, -0.1) is 35.9 Å². The molecule has 0 amide bonds. The largest absolute Gasteiger partial charge is 0.392 e. The topological polar surface area (TPSA) is 53.4 Å². The van der Waals surface area contributed by atoms with Crippen LogP contribution in [0.4, 0.5) is 0 Å². The molecule has 2 aliphatic carbocycles. The second kappa shape index (κ2) is 9.75. The van der Waals surface area contributed by atoms with E-state index in [0.717, 1.165) is 29.6 Å². The van der Waals surface area contributed by atoms with Crippen molar-refractivity contribution in [3.63, 3.8) is 0 Å². The molecule has 4 heteroatoms. The van der Waals surface area contributed by atoms with Crippen LogP contribution in [0, 0.1) is 28.7 Å². The second-order valence-electron chi connectivity index (χ2n) is 11.4. The third kappa shape index (κ3) is 4.82. The SMILES string of the molecule is CC1(C)CC2CC(C)(C)C(O)C2C1O.[Ir].[c-]1ccccc1-c1ccc2c(ccc3ccccc32)n1. The molecule has 6 rings (SSSR count). The van der Waals surface area contributed by atoms with Gasteiger partial charge < -0.3 is 10.2 Å². The monoisotopic (exact) mass is 645 g/mol. The van der Waals surface area contributed by atoms with E-state index in [1.807, 2.05) is 24.3 Å². The molecule has 2 fully saturated rings. The first-order chi connectivity index (χ1) is 16.2. The summed E-state index contributed by atoms with van der Waals surface area (Å²) in [5.74, 6) is 0.630. The Balaban J connectivity index is 0.000000171. The summed E-state index contributed by atoms with van der Waals surface area (Å²) in [4.78, 5) is 4.76. The van der Waals surface area contributed by atoms with Crippen LogP contribution in [0.2, 0.25) is 0 Å². The molecule has 1 radical (unpaired) electrons. The second-order valence-corrected chi connectivity index (χ2v) is 11.4. The maximum absolute atomic E-state index is 10.2. The Hall–Kier alpha value is -2.10. The smallest absolute Gasteiger partial charge is 0.0646 e. The van der Waals surface area contributed by atoms with Gasteiger partial charge in [0.15, 0.2) is 0 Å². The van der Waals surface area contributed by atoms with Gasteiger partial charge in [-0.25, -0.2) is 0 Å². The molecule has 0 saturated heterocycles. The zero-order chi connectivity index (χ0) is 24.1. The molecule has 1 aromatic heterocycles. The maximum atomic E-state index is 10.2. The first-order valence-corrected chi connectivity index (χ1v) is 12.3. The third-order valence-electron chi connectivity index (χ3n) is 8.03. The fraction of sp³-hybridized carbons (Fsp3) is 0.387. The van der Waals surface area contributed by atoms with Crippen LogP contribution < -0.4 is 0 Å². The summed E-state index contributed by atoms with van der Waals surface area (Å²) in [5.41, 5.74) is 3.01. The zero-order valence-electron chi connectivity index (χ0n) is 20.8. The average Bonchev–Trinajstić information content (AvgIpc) is 3.19. The predicted octanol–water partition coefficient (Wildman–Crippen LogP) is 6.65. The number of hydrogen-bond acceptors (Lipinski definition) is 3. The molecule has 0 bridgehead atoms. The summed E-state index contributed by atoms with van der Waals surface area (Å²) in [7, 11) is 0. The number of nitrogens with zero attached hydrogens (tertiary/aromatic N) is 1. The van der Waals surface area contributed by atoms with Gasteiger partial charge in [0.2, 0.25) is 0 Å². The van der Waals surface area contributed by atoms with Crippen LogP contribution in [0.5, 0.6) is 0 Å². The van der Waals surface area contributed by atoms with Crippen LogP contribution >= 0.6 is 0 Å². The summed E-state index contributed by atoms with van der Waals surface area (Å²) in [6, 6.07) is 28.0. The summed E-state index contributed by atoms with van der Waals surface area (Å²) in [6.07, 6.45) is 1.45. The average molecular weight is 645 g/mol. The van der Waals surface area contributed by atoms with Gasteiger partial charge in [0, 0.05) is 31.4 Å². The van der Waals surface area contributed by atoms with Crippen molar-refractivity contribution < 1.29 is 30.3 Å². The number of pyridine rings is 1. The number of fused-ring (bicyclic) bond motifs is 4. The van der Waals surface area contributed by atoms with Gasteiger partial charge in [-0.2, -0.15) is 0 Å². The van der Waals surface area contributed by atoms with E-state index in [-0.39, 0.29) is 49.1 Å². The van der Waals surface area contributed by atoms with Crippen LogP contribution in [0.15, 0.2) is 72.8 Å². The zero-order valence-corrected chi connectivity index (χ0v) is 23.2. The summed E-state index contributed by atoms with van der Waals surface area (Å²) < 4.78 is 0. The Morgan fingerprint density at radius 3 is 2.06 bits per heavy atom. The van der Waals surface area contributed by atoms with E-state index in [1.54, 1.807) is 0 Å². The van der Waals surface area contributed by atoms with Crippen molar-refractivity contribution in [2.75, 3.05) is 0 Å². The molecule has 1 heterocycles.